The van der Waals surface area contributed by atoms with Gasteiger partial charge in [-0.2, -0.15) is 0 Å². The Morgan fingerprint density at radius 2 is 2.00 bits per heavy atom. The first kappa shape index (κ1) is 15.4. The van der Waals surface area contributed by atoms with Gasteiger partial charge in [0.2, 0.25) is 0 Å². The molecule has 1 aromatic carbocycles. The minimum atomic E-state index is 0.147. The summed E-state index contributed by atoms with van der Waals surface area (Å²) in [6, 6.07) is 11.3. The predicted molar refractivity (Wildman–Crippen MR) is 90.0 cm³/mol. The van der Waals surface area contributed by atoms with Crippen molar-refractivity contribution in [3.63, 3.8) is 0 Å². The molecule has 0 radical (unpaired) electrons. The first-order valence-corrected chi connectivity index (χ1v) is 8.85. The molecular weight excluding hydrogens is 272 g/mol. The molecule has 3 heteroatoms. The highest BCUT2D eigenvalue weighted by Crippen LogP contribution is 2.43. The molecule has 0 aromatic heterocycles. The molecule has 2 amide bonds. The molecule has 22 heavy (non-hydrogen) atoms. The SMILES string of the molecule is CCC1CCCCN1C(=O)NCC1(c2ccccc2)CCC1. The van der Waals surface area contributed by atoms with Gasteiger partial charge in [0.25, 0.3) is 0 Å². The molecule has 2 aliphatic rings. The summed E-state index contributed by atoms with van der Waals surface area (Å²) in [5, 5.41) is 3.24. The number of nitrogens with zero attached hydrogens (tertiary/aromatic N) is 1. The van der Waals surface area contributed by atoms with E-state index in [4.69, 9.17) is 0 Å². The highest BCUT2D eigenvalue weighted by atomic mass is 16.2. The van der Waals surface area contributed by atoms with E-state index in [1.807, 2.05) is 0 Å². The topological polar surface area (TPSA) is 32.3 Å². The number of likely N-dealkylation sites (tertiary alicyclic amines) is 1. The van der Waals surface area contributed by atoms with Crippen molar-refractivity contribution in [1.82, 2.24) is 10.2 Å². The Labute approximate surface area is 134 Å². The second-order valence-corrected chi connectivity index (χ2v) is 6.91. The number of hydrogen-bond donors (Lipinski definition) is 1. The van der Waals surface area contributed by atoms with Gasteiger partial charge in [-0.05, 0) is 44.1 Å². The monoisotopic (exact) mass is 300 g/mol. The quantitative estimate of drug-likeness (QED) is 0.892. The molecule has 0 spiro atoms. The highest BCUT2D eigenvalue weighted by Gasteiger charge is 2.39. The third kappa shape index (κ3) is 2.99. The van der Waals surface area contributed by atoms with E-state index in [9.17, 15) is 4.79 Å². The third-order valence-electron chi connectivity index (χ3n) is 5.63. The molecule has 1 N–H and O–H groups in total. The smallest absolute Gasteiger partial charge is 0.317 e. The number of carbonyl (C=O) groups is 1. The van der Waals surface area contributed by atoms with Gasteiger partial charge >= 0.3 is 6.03 Å². The van der Waals surface area contributed by atoms with Gasteiger partial charge in [-0.3, -0.25) is 0 Å². The molecule has 0 bridgehead atoms. The average Bonchev–Trinajstić information content (AvgIpc) is 2.54. The number of carbonyl (C=O) groups excluding carboxylic acids is 1. The van der Waals surface area contributed by atoms with E-state index in [0.717, 1.165) is 32.4 Å². The zero-order valence-corrected chi connectivity index (χ0v) is 13.7. The van der Waals surface area contributed by atoms with E-state index in [2.05, 4.69) is 47.5 Å². The van der Waals surface area contributed by atoms with Gasteiger partial charge in [0, 0.05) is 24.5 Å². The molecule has 1 saturated carbocycles. The number of urea groups is 1. The summed E-state index contributed by atoms with van der Waals surface area (Å²) in [6.07, 6.45) is 8.28. The van der Waals surface area contributed by atoms with Crippen LogP contribution in [-0.2, 0) is 5.41 Å². The lowest BCUT2D eigenvalue weighted by Crippen LogP contribution is -2.53. The summed E-state index contributed by atoms with van der Waals surface area (Å²) in [5.41, 5.74) is 1.56. The Morgan fingerprint density at radius 1 is 1.23 bits per heavy atom. The van der Waals surface area contributed by atoms with E-state index in [1.54, 1.807) is 0 Å². The fourth-order valence-corrected chi connectivity index (χ4v) is 4.00. The minimum Gasteiger partial charge on any atom is -0.337 e. The first-order chi connectivity index (χ1) is 10.7. The molecule has 1 unspecified atom stereocenters. The van der Waals surface area contributed by atoms with Crippen LogP contribution in [0.5, 0.6) is 0 Å². The molecule has 1 aliphatic heterocycles. The van der Waals surface area contributed by atoms with E-state index < -0.39 is 0 Å². The number of rotatable bonds is 4. The van der Waals surface area contributed by atoms with Crippen LogP contribution >= 0.6 is 0 Å². The van der Waals surface area contributed by atoms with E-state index in [1.165, 1.54) is 31.2 Å². The van der Waals surface area contributed by atoms with Crippen molar-refractivity contribution in [1.29, 1.82) is 0 Å². The van der Waals surface area contributed by atoms with Crippen molar-refractivity contribution >= 4 is 6.03 Å². The van der Waals surface area contributed by atoms with Crippen molar-refractivity contribution in [2.24, 2.45) is 0 Å². The molecule has 3 nitrogen and oxygen atoms in total. The van der Waals surface area contributed by atoms with Gasteiger partial charge < -0.3 is 10.2 Å². The molecular formula is C19H28N2O. The third-order valence-corrected chi connectivity index (χ3v) is 5.63. The van der Waals surface area contributed by atoms with E-state index in [0.29, 0.717) is 6.04 Å². The van der Waals surface area contributed by atoms with Crippen molar-refractivity contribution in [3.05, 3.63) is 35.9 Å². The molecule has 1 atom stereocenters. The van der Waals surface area contributed by atoms with Gasteiger partial charge in [-0.25, -0.2) is 4.79 Å². The van der Waals surface area contributed by atoms with Crippen LogP contribution in [0.1, 0.15) is 57.4 Å². The maximum atomic E-state index is 12.6. The predicted octanol–water partition coefficient (Wildman–Crippen LogP) is 4.08. The van der Waals surface area contributed by atoms with Crippen LogP contribution in [0.25, 0.3) is 0 Å². The summed E-state index contributed by atoms with van der Waals surface area (Å²) >= 11 is 0. The lowest BCUT2D eigenvalue weighted by atomic mass is 9.64. The second kappa shape index (κ2) is 6.72. The van der Waals surface area contributed by atoms with Crippen LogP contribution in [0.4, 0.5) is 4.79 Å². The normalized spacial score (nSPS) is 23.7. The van der Waals surface area contributed by atoms with Gasteiger partial charge in [-0.15, -0.1) is 0 Å². The van der Waals surface area contributed by atoms with Gasteiger partial charge in [0.05, 0.1) is 0 Å². The van der Waals surface area contributed by atoms with Crippen molar-refractivity contribution < 1.29 is 4.79 Å². The van der Waals surface area contributed by atoms with E-state index >= 15 is 0 Å². The molecule has 1 heterocycles. The maximum absolute atomic E-state index is 12.6. The highest BCUT2D eigenvalue weighted by molar-refractivity contribution is 5.74. The standard InChI is InChI=1S/C19H28N2O/c1-2-17-11-6-7-14-21(17)18(22)20-15-19(12-8-13-19)16-9-4-3-5-10-16/h3-5,9-10,17H,2,6-8,11-15H2,1H3,(H,20,22). The fourth-order valence-electron chi connectivity index (χ4n) is 4.00. The summed E-state index contributed by atoms with van der Waals surface area (Å²) < 4.78 is 0. The van der Waals surface area contributed by atoms with E-state index in [-0.39, 0.29) is 11.4 Å². The average molecular weight is 300 g/mol. The molecule has 1 aromatic rings. The number of benzene rings is 1. The van der Waals surface area contributed by atoms with Crippen LogP contribution < -0.4 is 5.32 Å². The number of piperidine rings is 1. The lowest BCUT2D eigenvalue weighted by Gasteiger charge is -2.43. The summed E-state index contributed by atoms with van der Waals surface area (Å²) in [5.74, 6) is 0. The second-order valence-electron chi connectivity index (χ2n) is 6.91. The molecule has 120 valence electrons. The van der Waals surface area contributed by atoms with Gasteiger partial charge in [-0.1, -0.05) is 43.7 Å². The summed E-state index contributed by atoms with van der Waals surface area (Å²) in [6.45, 7) is 3.89. The zero-order chi connectivity index (χ0) is 15.4. The Balaban J connectivity index is 1.62. The number of amides is 2. The van der Waals surface area contributed by atoms with Crippen LogP contribution in [0.15, 0.2) is 30.3 Å². The largest absolute Gasteiger partial charge is 0.337 e. The van der Waals surface area contributed by atoms with Crippen LogP contribution in [0.2, 0.25) is 0 Å². The van der Waals surface area contributed by atoms with Gasteiger partial charge in [0.15, 0.2) is 0 Å². The number of nitrogens with one attached hydrogen (secondary N) is 1. The molecule has 3 rings (SSSR count). The van der Waals surface area contributed by atoms with Crippen LogP contribution in [0, 0.1) is 0 Å². The molecule has 1 aliphatic carbocycles. The molecule has 1 saturated heterocycles. The Morgan fingerprint density at radius 3 is 2.64 bits per heavy atom. The summed E-state index contributed by atoms with van der Waals surface area (Å²) in [4.78, 5) is 14.7. The van der Waals surface area contributed by atoms with Gasteiger partial charge in [0.1, 0.15) is 0 Å². The number of hydrogen-bond acceptors (Lipinski definition) is 1. The fraction of sp³-hybridized carbons (Fsp3) is 0.632. The van der Waals surface area contributed by atoms with Crippen LogP contribution in [0.3, 0.4) is 0 Å². The zero-order valence-electron chi connectivity index (χ0n) is 13.7. The van der Waals surface area contributed by atoms with Crippen LogP contribution in [-0.4, -0.2) is 30.1 Å². The lowest BCUT2D eigenvalue weighted by molar-refractivity contribution is 0.142. The van der Waals surface area contributed by atoms with Crippen molar-refractivity contribution in [2.75, 3.05) is 13.1 Å². The summed E-state index contributed by atoms with van der Waals surface area (Å²) in [7, 11) is 0. The molecule has 2 fully saturated rings. The first-order valence-electron chi connectivity index (χ1n) is 8.85. The minimum absolute atomic E-state index is 0.147. The van der Waals surface area contributed by atoms with Crippen molar-refractivity contribution in [3.8, 4) is 0 Å². The van der Waals surface area contributed by atoms with Crippen molar-refractivity contribution in [2.45, 2.75) is 63.3 Å². The maximum Gasteiger partial charge on any atom is 0.317 e. The Bertz CT molecular complexity index is 495. The Hall–Kier alpha value is -1.51. The Kier molecular flexibility index (Phi) is 4.70.